The Labute approximate surface area is 166 Å². The summed E-state index contributed by atoms with van der Waals surface area (Å²) < 4.78 is 5.37. The van der Waals surface area contributed by atoms with Crippen molar-refractivity contribution in [3.8, 4) is 0 Å². The number of carbonyl (C=O) groups excluding carboxylic acids is 2. The first-order chi connectivity index (χ1) is 13.7. The van der Waals surface area contributed by atoms with Crippen LogP contribution in [0.3, 0.4) is 0 Å². The molecule has 4 heteroatoms. The lowest BCUT2D eigenvalue weighted by Gasteiger charge is -2.35. The topological polar surface area (TPSA) is 43.4 Å². The molecule has 0 bridgehead atoms. The summed E-state index contributed by atoms with van der Waals surface area (Å²) in [7, 11) is 0. The SMILES string of the molecule is CCOCC(=O)C=P(c1ccccc1)(c1ccccc1)C1C=CC=CC1=C=O. The fourth-order valence-electron chi connectivity index (χ4n) is 3.50. The third kappa shape index (κ3) is 4.08. The number of hydrogen-bond donors (Lipinski definition) is 0. The van der Waals surface area contributed by atoms with E-state index in [1.165, 1.54) is 0 Å². The van der Waals surface area contributed by atoms with Crippen molar-refractivity contribution in [2.45, 2.75) is 12.6 Å². The maximum atomic E-state index is 12.9. The second-order valence-electron chi connectivity index (χ2n) is 6.43. The molecule has 2 aromatic rings. The van der Waals surface area contributed by atoms with E-state index in [-0.39, 0.29) is 18.0 Å². The van der Waals surface area contributed by atoms with E-state index in [1.807, 2.05) is 91.6 Å². The zero-order valence-electron chi connectivity index (χ0n) is 15.8. The normalized spacial score (nSPS) is 15.9. The molecule has 0 radical (unpaired) electrons. The van der Waals surface area contributed by atoms with Gasteiger partial charge in [0.1, 0.15) is 12.5 Å². The first-order valence-electron chi connectivity index (χ1n) is 9.28. The van der Waals surface area contributed by atoms with Crippen LogP contribution in [0.2, 0.25) is 0 Å². The van der Waals surface area contributed by atoms with Crippen molar-refractivity contribution in [1.82, 2.24) is 0 Å². The number of ketones is 1. The Balaban J connectivity index is 2.34. The summed E-state index contributed by atoms with van der Waals surface area (Å²) in [4.78, 5) is 24.7. The molecule has 0 spiro atoms. The highest BCUT2D eigenvalue weighted by molar-refractivity contribution is 7.90. The molecular formula is C24H23O3P. The minimum absolute atomic E-state index is 0.0321. The summed E-state index contributed by atoms with van der Waals surface area (Å²) in [5.41, 5.74) is 0.314. The summed E-state index contributed by atoms with van der Waals surface area (Å²) in [5, 5.41) is 2.09. The van der Waals surface area contributed by atoms with E-state index in [2.05, 4.69) is 5.94 Å². The van der Waals surface area contributed by atoms with Crippen LogP contribution in [0, 0.1) is 0 Å². The zero-order chi connectivity index (χ0) is 19.8. The van der Waals surface area contributed by atoms with Crippen molar-refractivity contribution in [1.29, 1.82) is 0 Å². The molecule has 3 nitrogen and oxygen atoms in total. The lowest BCUT2D eigenvalue weighted by molar-refractivity contribution is -0.116. The Hall–Kier alpha value is -2.70. The van der Waals surface area contributed by atoms with Gasteiger partial charge in [-0.25, -0.2) is 4.79 Å². The first-order valence-corrected chi connectivity index (χ1v) is 11.2. The second kappa shape index (κ2) is 9.48. The summed E-state index contributed by atoms with van der Waals surface area (Å²) in [6, 6.07) is 20.0. The molecule has 3 rings (SSSR count). The Kier molecular flexibility index (Phi) is 6.79. The van der Waals surface area contributed by atoms with Gasteiger partial charge in [-0.2, -0.15) is 0 Å². The molecule has 0 fully saturated rings. The van der Waals surface area contributed by atoms with E-state index in [0.717, 1.165) is 10.6 Å². The van der Waals surface area contributed by atoms with Gasteiger partial charge < -0.3 is 4.74 Å². The Morgan fingerprint density at radius 2 is 1.64 bits per heavy atom. The highest BCUT2D eigenvalue weighted by Gasteiger charge is 2.34. The molecule has 142 valence electrons. The van der Waals surface area contributed by atoms with Crippen molar-refractivity contribution in [3.63, 3.8) is 0 Å². The molecule has 0 saturated heterocycles. The predicted octanol–water partition coefficient (Wildman–Crippen LogP) is 3.32. The van der Waals surface area contributed by atoms with Gasteiger partial charge in [0, 0.05) is 17.8 Å². The van der Waals surface area contributed by atoms with Crippen LogP contribution >= 0.6 is 6.89 Å². The van der Waals surface area contributed by atoms with Crippen molar-refractivity contribution >= 4 is 35.0 Å². The lowest BCUT2D eigenvalue weighted by Crippen LogP contribution is -2.30. The molecule has 0 N–H and O–H groups in total. The molecule has 1 atom stereocenters. The summed E-state index contributed by atoms with van der Waals surface area (Å²) in [6.07, 6.45) is 7.58. The van der Waals surface area contributed by atoms with Crippen LogP contribution in [0.4, 0.5) is 0 Å². The number of carbonyl (C=O) groups is 1. The largest absolute Gasteiger partial charge is 0.374 e. The molecule has 28 heavy (non-hydrogen) atoms. The molecule has 0 aromatic heterocycles. The fraction of sp³-hybridized carbons (Fsp3) is 0.167. The van der Waals surface area contributed by atoms with Gasteiger partial charge in [-0.3, -0.25) is 4.79 Å². The molecule has 1 aliphatic rings. The molecule has 0 saturated carbocycles. The van der Waals surface area contributed by atoms with Gasteiger partial charge in [-0.15, -0.1) is 0 Å². The second-order valence-corrected chi connectivity index (χ2v) is 9.83. The van der Waals surface area contributed by atoms with Crippen LogP contribution in [-0.2, 0) is 14.3 Å². The van der Waals surface area contributed by atoms with Crippen molar-refractivity contribution in [3.05, 3.63) is 90.5 Å². The minimum atomic E-state index is -2.44. The first kappa shape index (κ1) is 20.0. The maximum Gasteiger partial charge on any atom is 0.182 e. The summed E-state index contributed by atoms with van der Waals surface area (Å²) in [5.74, 6) is 3.85. The molecule has 1 unspecified atom stereocenters. The molecule has 0 aliphatic heterocycles. The standard InChI is InChI=1S/C24H23O3P/c1-2-27-18-21(26)19-28(22-12-5-3-6-13-22,23-14-7-4-8-15-23)24-16-10-9-11-20(24)17-25/h3-16,19,24H,2,18H2,1H3. The number of Topliss-reactive ketones (excluding diaryl/α,β-unsaturated/α-hetero) is 1. The molecule has 1 aliphatic carbocycles. The third-order valence-electron chi connectivity index (χ3n) is 4.72. The average molecular weight is 390 g/mol. The van der Waals surface area contributed by atoms with Gasteiger partial charge in [0.15, 0.2) is 5.78 Å². The Morgan fingerprint density at radius 3 is 2.18 bits per heavy atom. The van der Waals surface area contributed by atoms with Crippen LogP contribution in [0.25, 0.3) is 0 Å². The van der Waals surface area contributed by atoms with Crippen LogP contribution < -0.4 is 10.6 Å². The van der Waals surface area contributed by atoms with Crippen LogP contribution in [0.15, 0.2) is 90.5 Å². The highest BCUT2D eigenvalue weighted by Crippen LogP contribution is 2.53. The predicted molar refractivity (Wildman–Crippen MR) is 118 cm³/mol. The number of hydrogen-bond acceptors (Lipinski definition) is 3. The minimum Gasteiger partial charge on any atom is -0.374 e. The van der Waals surface area contributed by atoms with Gasteiger partial charge in [-0.05, 0) is 36.3 Å². The van der Waals surface area contributed by atoms with Gasteiger partial charge in [-0.1, -0.05) is 78.9 Å². The lowest BCUT2D eigenvalue weighted by atomic mass is 10.1. The Bertz CT molecular complexity index is 938. The quantitative estimate of drug-likeness (QED) is 0.538. The van der Waals surface area contributed by atoms with Crippen LogP contribution in [0.5, 0.6) is 0 Å². The van der Waals surface area contributed by atoms with E-state index >= 15 is 0 Å². The van der Waals surface area contributed by atoms with E-state index in [0.29, 0.717) is 12.2 Å². The van der Waals surface area contributed by atoms with E-state index in [4.69, 9.17) is 4.74 Å². The molecule has 0 heterocycles. The van der Waals surface area contributed by atoms with Gasteiger partial charge >= 0.3 is 0 Å². The van der Waals surface area contributed by atoms with Crippen molar-refractivity contribution in [2.24, 2.45) is 0 Å². The van der Waals surface area contributed by atoms with E-state index in [1.54, 1.807) is 6.08 Å². The average Bonchev–Trinajstić information content (AvgIpc) is 2.77. The van der Waals surface area contributed by atoms with Gasteiger partial charge in [0.2, 0.25) is 0 Å². The van der Waals surface area contributed by atoms with Crippen LogP contribution in [-0.4, -0.2) is 36.4 Å². The fourth-order valence-corrected chi connectivity index (χ4v) is 7.70. The van der Waals surface area contributed by atoms with Crippen molar-refractivity contribution in [2.75, 3.05) is 13.2 Å². The zero-order valence-corrected chi connectivity index (χ0v) is 16.7. The number of rotatable bonds is 7. The molecule has 0 amide bonds. The molecular weight excluding hydrogens is 367 g/mol. The monoisotopic (exact) mass is 390 g/mol. The van der Waals surface area contributed by atoms with E-state index in [9.17, 15) is 9.59 Å². The number of benzene rings is 2. The van der Waals surface area contributed by atoms with Crippen LogP contribution in [0.1, 0.15) is 6.92 Å². The highest BCUT2D eigenvalue weighted by atomic mass is 31.2. The smallest absolute Gasteiger partial charge is 0.182 e. The third-order valence-corrected chi connectivity index (χ3v) is 9.05. The summed E-state index contributed by atoms with van der Waals surface area (Å²) in [6.45, 7) is -0.0589. The number of ether oxygens (including phenoxy) is 1. The summed E-state index contributed by atoms with van der Waals surface area (Å²) >= 11 is 0. The maximum absolute atomic E-state index is 12.9. The van der Waals surface area contributed by atoms with E-state index < -0.39 is 6.89 Å². The van der Waals surface area contributed by atoms with Gasteiger partial charge in [0.05, 0.1) is 0 Å². The van der Waals surface area contributed by atoms with Gasteiger partial charge in [0.25, 0.3) is 0 Å². The Morgan fingerprint density at radius 1 is 1.04 bits per heavy atom. The number of allylic oxidation sites excluding steroid dienone is 5. The van der Waals surface area contributed by atoms with Crippen molar-refractivity contribution < 1.29 is 14.3 Å². The molecule has 2 aromatic carbocycles.